The van der Waals surface area contributed by atoms with E-state index in [4.69, 9.17) is 67.8 Å². The van der Waals surface area contributed by atoms with E-state index in [-0.39, 0.29) is 115 Å². The van der Waals surface area contributed by atoms with Crippen LogP contribution in [0.1, 0.15) is 154 Å². The molecule has 3 rings (SSSR count). The molecule has 756 valence electrons. The fourth-order valence-electron chi connectivity index (χ4n) is 13.6. The number of aromatic amines is 1. The fourth-order valence-corrected chi connectivity index (χ4v) is 14.4. The molecule has 0 aliphatic heterocycles. The standard InChI is InChI=1S/C84H138N30O20S2/c1-43(2)65(79(131)108-57(81(133)134)26-17-36-99-84(95)96)113-74(126)51(23-12-14-33-86)101-68(120)52(24-15-34-97-82(91)92)103-73(125)56(31-37-136-5)106-77(129)60(40-64(90)118)111-69(121)53(25-16-35-98-83(93)94)102-71(123)54(27-29-62(88)116)105-76(128)59(39-47-41-100-49-21-10-9-20-48(47)49)110-72(124)55(28-30-63(89)117)104-75(127)58(38-46-18-7-6-8-19-46)109-78(130)61(42-135)112-70(122)50(22-11-13-32-85)107-80(132)66(45(4)115)114-67(119)44(3)87/h6-10,18-21,41,43-45,50-61,65-66,100,115,135H,11-17,22-40,42,85-87H2,1-5H3,(H2,88,116)(H2,89,117)(H2,90,118)(H,101,120)(H,102,123)(H,103,125)(H,104,127)(H,105,128)(H,106,129)(H,107,132)(H,108,131)(H,109,130)(H,110,124)(H,111,121)(H,112,122)(H,113,126)(H,114,119)(H,133,134)(H4,91,92,97)(H4,93,94,98)(H4,95,96,99)/t44-,45+,50-,51-,52-,53-,54-,55-,56-,57-,58-,59-,60-,61-,65-,66-/m0/s1. The number of amides is 17. The van der Waals surface area contributed by atoms with Gasteiger partial charge in [-0.1, -0.05) is 62.4 Å². The second-order valence-corrected chi connectivity index (χ2v) is 34.1. The van der Waals surface area contributed by atoms with Crippen molar-refractivity contribution in [3.05, 3.63) is 71.9 Å². The number of nitrogens with two attached hydrogens (primary N) is 9. The van der Waals surface area contributed by atoms with Gasteiger partial charge in [-0.15, -0.1) is 0 Å². The number of carbonyl (C=O) groups excluding carboxylic acids is 17. The molecule has 1 heterocycles. The monoisotopic (exact) mass is 1950 g/mol. The lowest BCUT2D eigenvalue weighted by Crippen LogP contribution is -2.62. The summed E-state index contributed by atoms with van der Waals surface area (Å²) in [5, 5.41) is 86.8. The topological polar surface area (TPSA) is 874 Å². The van der Waals surface area contributed by atoms with E-state index in [0.717, 1.165) is 0 Å². The van der Waals surface area contributed by atoms with Crippen LogP contribution in [0, 0.1) is 22.1 Å². The van der Waals surface area contributed by atoms with E-state index in [1.807, 2.05) is 0 Å². The molecule has 136 heavy (non-hydrogen) atoms. The fraction of sp³-hybridized carbons (Fsp3) is 0.583. The zero-order valence-corrected chi connectivity index (χ0v) is 78.7. The Bertz CT molecular complexity index is 4530. The highest BCUT2D eigenvalue weighted by Gasteiger charge is 2.40. The Morgan fingerprint density at radius 3 is 1.12 bits per heavy atom. The van der Waals surface area contributed by atoms with Gasteiger partial charge in [-0.2, -0.15) is 24.4 Å². The first-order chi connectivity index (χ1) is 64.3. The second-order valence-electron chi connectivity index (χ2n) is 32.7. The number of H-pyrrole nitrogens is 1. The molecule has 41 N–H and O–H groups in total. The number of aliphatic hydroxyl groups excluding tert-OH is 1. The number of nitrogens with one attached hydrogen (secondary N) is 21. The van der Waals surface area contributed by atoms with Gasteiger partial charge in [0.25, 0.3) is 0 Å². The van der Waals surface area contributed by atoms with E-state index in [1.54, 1.807) is 74.7 Å². The highest BCUT2D eigenvalue weighted by atomic mass is 32.2. The number of unbranched alkanes of at least 4 members (excludes halogenated alkanes) is 2. The van der Waals surface area contributed by atoms with Gasteiger partial charge in [-0.05, 0) is 158 Å². The van der Waals surface area contributed by atoms with Gasteiger partial charge >= 0.3 is 5.97 Å². The Morgan fingerprint density at radius 1 is 0.390 bits per heavy atom. The van der Waals surface area contributed by atoms with Gasteiger partial charge in [0.1, 0.15) is 84.6 Å². The normalized spacial score (nSPS) is 14.6. The molecular formula is C84H138N30O20S2. The van der Waals surface area contributed by atoms with Crippen molar-refractivity contribution >= 4 is 160 Å². The molecule has 0 radical (unpaired) electrons. The third kappa shape index (κ3) is 44.3. The minimum atomic E-state index is -1.98. The predicted molar refractivity (Wildman–Crippen MR) is 508 cm³/mol. The van der Waals surface area contributed by atoms with Crippen molar-refractivity contribution in [2.75, 3.05) is 50.5 Å². The molecule has 3 aromatic rings. The number of aliphatic hydroxyl groups is 1. The van der Waals surface area contributed by atoms with Gasteiger partial charge in [0, 0.05) is 68.2 Å². The van der Waals surface area contributed by atoms with Crippen LogP contribution in [0.3, 0.4) is 0 Å². The maximum Gasteiger partial charge on any atom is 0.326 e. The quantitative estimate of drug-likeness (QED) is 0.0108. The van der Waals surface area contributed by atoms with Crippen molar-refractivity contribution in [1.29, 1.82) is 16.2 Å². The summed E-state index contributed by atoms with van der Waals surface area (Å²) in [5.41, 5.74) is 52.0. The summed E-state index contributed by atoms with van der Waals surface area (Å²) in [6.45, 7) is 6.02. The molecular weight excluding hydrogens is 1810 g/mol. The van der Waals surface area contributed by atoms with E-state index in [9.17, 15) is 82.1 Å². The number of rotatable bonds is 67. The number of carboxylic acid groups (broad SMARTS) is 1. The van der Waals surface area contributed by atoms with Crippen LogP contribution >= 0.6 is 24.4 Å². The summed E-state index contributed by atoms with van der Waals surface area (Å²) < 4.78 is 0. The van der Waals surface area contributed by atoms with Gasteiger partial charge < -0.3 is 157 Å². The van der Waals surface area contributed by atoms with E-state index in [0.29, 0.717) is 34.9 Å². The summed E-state index contributed by atoms with van der Waals surface area (Å²) in [4.78, 5) is 256. The molecule has 0 saturated heterocycles. The molecule has 1 aromatic heterocycles. The van der Waals surface area contributed by atoms with Crippen LogP contribution in [-0.4, -0.2) is 287 Å². The van der Waals surface area contributed by atoms with Gasteiger partial charge in [0.05, 0.1) is 18.6 Å². The molecule has 0 bridgehead atoms. The van der Waals surface area contributed by atoms with E-state index < -0.39 is 272 Å². The summed E-state index contributed by atoms with van der Waals surface area (Å²) in [6.07, 6.45) is -2.14. The molecule has 52 heteroatoms. The molecule has 16 atom stereocenters. The zero-order valence-electron chi connectivity index (χ0n) is 77.0. The number of guanidine groups is 3. The van der Waals surface area contributed by atoms with Gasteiger partial charge in [0.2, 0.25) is 100 Å². The first-order valence-electron chi connectivity index (χ1n) is 44.4. The van der Waals surface area contributed by atoms with Crippen LogP contribution in [-0.2, 0) is 99.1 Å². The number of aliphatic carboxylic acids is 1. The van der Waals surface area contributed by atoms with Crippen LogP contribution in [0.25, 0.3) is 10.9 Å². The van der Waals surface area contributed by atoms with Crippen LogP contribution < -0.4 is 142 Å². The van der Waals surface area contributed by atoms with E-state index in [1.165, 1.54) is 31.8 Å². The number of fused-ring (bicyclic) bond motifs is 1. The Kier molecular flexibility index (Phi) is 53.6. The number of aromatic nitrogens is 1. The van der Waals surface area contributed by atoms with Crippen molar-refractivity contribution < 1.29 is 96.5 Å². The largest absolute Gasteiger partial charge is 0.480 e. The average Bonchev–Trinajstić information content (AvgIpc) is 1.70. The third-order valence-corrected chi connectivity index (χ3v) is 22.1. The minimum Gasteiger partial charge on any atom is -0.480 e. The average molecular weight is 1950 g/mol. The molecule has 0 saturated carbocycles. The zero-order chi connectivity index (χ0) is 102. The Hall–Kier alpha value is -13.2. The number of benzene rings is 2. The molecule has 0 aliphatic carbocycles. The Balaban J connectivity index is 2.13. The Morgan fingerprint density at radius 2 is 0.728 bits per heavy atom. The van der Waals surface area contributed by atoms with Crippen molar-refractivity contribution in [3.8, 4) is 0 Å². The maximum absolute atomic E-state index is 15.3. The summed E-state index contributed by atoms with van der Waals surface area (Å²) in [7, 11) is 0. The molecule has 0 spiro atoms. The highest BCUT2D eigenvalue weighted by Crippen LogP contribution is 2.21. The van der Waals surface area contributed by atoms with Gasteiger partial charge in [-0.3, -0.25) is 97.7 Å². The lowest BCUT2D eigenvalue weighted by Gasteiger charge is -2.29. The van der Waals surface area contributed by atoms with Gasteiger partial charge in [-0.25, -0.2) is 4.79 Å². The minimum absolute atomic E-state index is 0.0234. The summed E-state index contributed by atoms with van der Waals surface area (Å²) in [6, 6.07) is -9.05. The molecule has 50 nitrogen and oxygen atoms in total. The summed E-state index contributed by atoms with van der Waals surface area (Å²) in [5.74, 6) is -21.3. The number of primary amides is 3. The lowest BCUT2D eigenvalue weighted by atomic mass is 10.0. The molecule has 0 aliphatic rings. The van der Waals surface area contributed by atoms with Crippen molar-refractivity contribution in [1.82, 2.24) is 95.4 Å². The van der Waals surface area contributed by atoms with E-state index in [2.05, 4.69) is 108 Å². The number of hydrogen-bond acceptors (Lipinski definition) is 27. The highest BCUT2D eigenvalue weighted by molar-refractivity contribution is 7.98. The molecule has 2 aromatic carbocycles. The second kappa shape index (κ2) is 62.4. The number of hydrogen-bond donors (Lipinski definition) is 33. The molecule has 17 amide bonds. The maximum atomic E-state index is 15.3. The first-order valence-corrected chi connectivity index (χ1v) is 46.5. The Labute approximate surface area is 796 Å². The van der Waals surface area contributed by atoms with Crippen molar-refractivity contribution in [3.63, 3.8) is 0 Å². The van der Waals surface area contributed by atoms with Gasteiger partial charge in [0.15, 0.2) is 17.9 Å². The summed E-state index contributed by atoms with van der Waals surface area (Å²) >= 11 is 5.54. The predicted octanol–water partition coefficient (Wildman–Crippen LogP) is -8.65. The number of carboxylic acids is 1. The molecule has 0 fully saturated rings. The van der Waals surface area contributed by atoms with Crippen LogP contribution in [0.15, 0.2) is 60.8 Å². The SMILES string of the molecule is CSCC[C@H](NC(=O)[C@H](CC(N)=O)NC(=O)[C@H](CCCNC(=N)N)NC(=O)[C@H](CCC(N)=O)NC(=O)[C@H](Cc1c[nH]c2ccccc12)NC(=O)[C@H](CCC(N)=O)NC(=O)[C@H](Cc1ccccc1)NC(=O)[C@H](CS)NC(=O)[C@H](CCCCN)NC(=O)[C@@H](NC(=O)[C@H](C)N)[C@@H](C)O)C(=O)N[C@@H](CCCNC(=N)N)C(=O)N[C@@H](CCCCN)C(=O)N[C@H](C(=O)N[C@@H](CCCNC(=N)N)C(=O)O)C(C)C. The number of para-hydroxylation sites is 1. The lowest BCUT2D eigenvalue weighted by molar-refractivity contribution is -0.143. The van der Waals surface area contributed by atoms with E-state index >= 15 is 14.4 Å². The van der Waals surface area contributed by atoms with Crippen LogP contribution in [0.2, 0.25) is 0 Å². The first kappa shape index (κ1) is 117. The smallest absolute Gasteiger partial charge is 0.326 e. The van der Waals surface area contributed by atoms with Crippen LogP contribution in [0.5, 0.6) is 0 Å². The van der Waals surface area contributed by atoms with Crippen molar-refractivity contribution in [2.24, 2.45) is 57.5 Å². The number of thioether (sulfide) groups is 1. The molecule has 0 unspecified atom stereocenters. The number of carbonyl (C=O) groups is 18. The number of thiol groups is 1. The third-order valence-electron chi connectivity index (χ3n) is 21.1. The van der Waals surface area contributed by atoms with Crippen molar-refractivity contribution in [2.45, 2.75) is 253 Å². The van der Waals surface area contributed by atoms with Crippen LogP contribution in [0.4, 0.5) is 0 Å².